The Morgan fingerprint density at radius 3 is 3.08 bits per heavy atom. The number of amides is 3. The van der Waals surface area contributed by atoms with Crippen LogP contribution in [0.3, 0.4) is 0 Å². The molecule has 1 aromatic heterocycles. The number of rotatable bonds is 5. The van der Waals surface area contributed by atoms with Gasteiger partial charge in [0.05, 0.1) is 16.6 Å². The normalized spacial score (nSPS) is 14.3. The van der Waals surface area contributed by atoms with Crippen molar-refractivity contribution in [3.63, 3.8) is 0 Å². The van der Waals surface area contributed by atoms with E-state index < -0.39 is 0 Å². The highest BCUT2D eigenvalue weighted by Gasteiger charge is 2.22. The number of anilines is 1. The van der Waals surface area contributed by atoms with E-state index in [9.17, 15) is 14.0 Å². The van der Waals surface area contributed by atoms with Crippen LogP contribution < -0.4 is 15.5 Å². The highest BCUT2D eigenvalue weighted by atomic mass is 79.9. The summed E-state index contributed by atoms with van der Waals surface area (Å²) >= 11 is 4.43. The summed E-state index contributed by atoms with van der Waals surface area (Å²) in [6, 6.07) is 4.56. The number of nitrogens with one attached hydrogen (secondary N) is 2. The van der Waals surface area contributed by atoms with E-state index in [0.29, 0.717) is 34.0 Å². The van der Waals surface area contributed by atoms with Crippen molar-refractivity contribution >= 4 is 44.3 Å². The van der Waals surface area contributed by atoms with E-state index in [0.717, 1.165) is 6.42 Å². The number of urea groups is 1. The fourth-order valence-electron chi connectivity index (χ4n) is 2.39. The number of carbonyl (C=O) groups is 2. The van der Waals surface area contributed by atoms with Gasteiger partial charge in [0.1, 0.15) is 5.82 Å². The molecule has 1 saturated heterocycles. The third-order valence-corrected chi connectivity index (χ3v) is 5.22. The molecule has 1 aliphatic heterocycles. The van der Waals surface area contributed by atoms with Crippen LogP contribution >= 0.6 is 27.3 Å². The van der Waals surface area contributed by atoms with Gasteiger partial charge >= 0.3 is 6.03 Å². The summed E-state index contributed by atoms with van der Waals surface area (Å²) < 4.78 is 13.8. The lowest BCUT2D eigenvalue weighted by Crippen LogP contribution is -2.46. The van der Waals surface area contributed by atoms with Crippen LogP contribution in [-0.4, -0.2) is 30.0 Å². The molecule has 0 bridgehead atoms. The van der Waals surface area contributed by atoms with Crippen LogP contribution in [0.15, 0.2) is 28.1 Å². The van der Waals surface area contributed by atoms with Gasteiger partial charge in [-0.05, 0) is 40.0 Å². The Morgan fingerprint density at radius 2 is 2.32 bits per heavy atom. The zero-order valence-electron chi connectivity index (χ0n) is 13.2. The molecule has 1 aromatic carbocycles. The van der Waals surface area contributed by atoms with Crippen molar-refractivity contribution in [1.29, 1.82) is 0 Å². The Morgan fingerprint density at radius 1 is 1.48 bits per heavy atom. The molecule has 3 rings (SSSR count). The lowest BCUT2D eigenvalue weighted by molar-refractivity contribution is -0.120. The van der Waals surface area contributed by atoms with Crippen molar-refractivity contribution < 1.29 is 14.0 Å². The molecule has 132 valence electrons. The first-order valence-corrected chi connectivity index (χ1v) is 9.40. The molecule has 25 heavy (non-hydrogen) atoms. The molecular formula is C16H16BrFN4O2S. The molecule has 6 nitrogen and oxygen atoms in total. The predicted octanol–water partition coefficient (Wildman–Crippen LogP) is 2.82. The monoisotopic (exact) mass is 426 g/mol. The van der Waals surface area contributed by atoms with Gasteiger partial charge in [0.15, 0.2) is 5.13 Å². The summed E-state index contributed by atoms with van der Waals surface area (Å²) in [5, 5.41) is 7.88. The van der Waals surface area contributed by atoms with Gasteiger partial charge in [-0.3, -0.25) is 9.69 Å². The smallest absolute Gasteiger partial charge is 0.323 e. The number of carbonyl (C=O) groups excluding carboxylic acids is 2. The van der Waals surface area contributed by atoms with Crippen LogP contribution in [0.2, 0.25) is 0 Å². The van der Waals surface area contributed by atoms with E-state index in [4.69, 9.17) is 0 Å². The number of thiazole rings is 1. The fraction of sp³-hybridized carbons (Fsp3) is 0.312. The molecule has 0 unspecified atom stereocenters. The van der Waals surface area contributed by atoms with Crippen molar-refractivity contribution in [2.45, 2.75) is 19.4 Å². The third kappa shape index (κ3) is 4.55. The third-order valence-electron chi connectivity index (χ3n) is 3.67. The topological polar surface area (TPSA) is 74.3 Å². The zero-order chi connectivity index (χ0) is 17.8. The van der Waals surface area contributed by atoms with Crippen LogP contribution in [0, 0.1) is 5.82 Å². The molecule has 0 radical (unpaired) electrons. The summed E-state index contributed by atoms with van der Waals surface area (Å²) in [5.74, 6) is -0.570. The van der Waals surface area contributed by atoms with E-state index in [1.165, 1.54) is 17.4 Å². The molecule has 0 saturated carbocycles. The number of hydrogen-bond donors (Lipinski definition) is 2. The van der Waals surface area contributed by atoms with E-state index >= 15 is 0 Å². The first-order chi connectivity index (χ1) is 12.0. The molecule has 0 aliphatic carbocycles. The Balaban J connectivity index is 1.54. The lowest BCUT2D eigenvalue weighted by atomic mass is 10.2. The molecule has 1 fully saturated rings. The number of nitrogens with zero attached hydrogens (tertiary/aromatic N) is 2. The van der Waals surface area contributed by atoms with Gasteiger partial charge in [-0.25, -0.2) is 14.2 Å². The summed E-state index contributed by atoms with van der Waals surface area (Å²) in [5.41, 5.74) is 1.29. The number of hydrogen-bond acceptors (Lipinski definition) is 4. The van der Waals surface area contributed by atoms with Gasteiger partial charge in [0.25, 0.3) is 0 Å². The first kappa shape index (κ1) is 17.8. The van der Waals surface area contributed by atoms with E-state index in [-0.39, 0.29) is 30.7 Å². The standard InChI is InChI=1S/C16H16BrFN4O2S/c17-12-3-2-10(6-13(12)18)8-20-14(23)7-11-9-25-16(21-11)22-5-1-4-19-15(22)24/h2-3,6,9H,1,4-5,7-8H2,(H,19,24)(H,20,23). The van der Waals surface area contributed by atoms with Crippen LogP contribution in [0.5, 0.6) is 0 Å². The highest BCUT2D eigenvalue weighted by Crippen LogP contribution is 2.22. The maximum Gasteiger partial charge on any atom is 0.323 e. The highest BCUT2D eigenvalue weighted by molar-refractivity contribution is 9.10. The van der Waals surface area contributed by atoms with Crippen molar-refractivity contribution in [3.05, 3.63) is 45.1 Å². The Hall–Kier alpha value is -2.00. The van der Waals surface area contributed by atoms with Crippen LogP contribution in [0.25, 0.3) is 0 Å². The zero-order valence-corrected chi connectivity index (χ0v) is 15.6. The first-order valence-electron chi connectivity index (χ1n) is 7.73. The van der Waals surface area contributed by atoms with Gasteiger partial charge in [-0.15, -0.1) is 11.3 Å². The van der Waals surface area contributed by atoms with E-state index in [1.807, 2.05) is 0 Å². The van der Waals surface area contributed by atoms with E-state index in [1.54, 1.807) is 22.4 Å². The Bertz CT molecular complexity index is 798. The fourth-order valence-corrected chi connectivity index (χ4v) is 3.49. The summed E-state index contributed by atoms with van der Waals surface area (Å²) in [6.07, 6.45) is 0.982. The average Bonchev–Trinajstić information content (AvgIpc) is 3.04. The van der Waals surface area contributed by atoms with Crippen molar-refractivity contribution in [2.24, 2.45) is 0 Å². The minimum Gasteiger partial charge on any atom is -0.352 e. The molecule has 0 spiro atoms. The molecule has 9 heteroatoms. The van der Waals surface area contributed by atoms with Crippen molar-refractivity contribution in [2.75, 3.05) is 18.0 Å². The molecule has 1 aliphatic rings. The Labute approximate surface area is 156 Å². The maximum atomic E-state index is 13.5. The molecule has 3 amide bonds. The van der Waals surface area contributed by atoms with Crippen LogP contribution in [0.1, 0.15) is 17.7 Å². The van der Waals surface area contributed by atoms with Crippen LogP contribution in [0.4, 0.5) is 14.3 Å². The minimum atomic E-state index is -0.365. The molecule has 2 aromatic rings. The SMILES string of the molecule is O=C(Cc1csc(N2CCCNC2=O)n1)NCc1ccc(Br)c(F)c1. The second kappa shape index (κ2) is 7.92. The molecular weight excluding hydrogens is 411 g/mol. The predicted molar refractivity (Wildman–Crippen MR) is 97.1 cm³/mol. The maximum absolute atomic E-state index is 13.5. The quantitative estimate of drug-likeness (QED) is 0.771. The van der Waals surface area contributed by atoms with Crippen molar-refractivity contribution in [1.82, 2.24) is 15.6 Å². The van der Waals surface area contributed by atoms with Gasteiger partial charge in [0, 0.05) is 25.0 Å². The molecule has 2 N–H and O–H groups in total. The van der Waals surface area contributed by atoms with Crippen LogP contribution in [-0.2, 0) is 17.8 Å². The summed E-state index contributed by atoms with van der Waals surface area (Å²) in [4.78, 5) is 29.8. The Kier molecular flexibility index (Phi) is 5.64. The number of benzene rings is 1. The summed E-state index contributed by atoms with van der Waals surface area (Å²) in [6.45, 7) is 1.54. The number of aromatic nitrogens is 1. The number of halogens is 2. The minimum absolute atomic E-state index is 0.116. The van der Waals surface area contributed by atoms with Gasteiger partial charge in [0.2, 0.25) is 5.91 Å². The van der Waals surface area contributed by atoms with Gasteiger partial charge in [-0.1, -0.05) is 6.07 Å². The average molecular weight is 427 g/mol. The largest absolute Gasteiger partial charge is 0.352 e. The van der Waals surface area contributed by atoms with Gasteiger partial charge in [-0.2, -0.15) is 0 Å². The molecule has 0 atom stereocenters. The lowest BCUT2D eigenvalue weighted by Gasteiger charge is -2.24. The van der Waals surface area contributed by atoms with Crippen molar-refractivity contribution in [3.8, 4) is 0 Å². The van der Waals surface area contributed by atoms with Gasteiger partial charge < -0.3 is 10.6 Å². The molecule has 2 heterocycles. The second-order valence-electron chi connectivity index (χ2n) is 5.56. The van der Waals surface area contributed by atoms with E-state index in [2.05, 4.69) is 31.5 Å². The summed E-state index contributed by atoms with van der Waals surface area (Å²) in [7, 11) is 0. The second-order valence-corrected chi connectivity index (χ2v) is 7.25.